The van der Waals surface area contributed by atoms with Crippen LogP contribution in [-0.4, -0.2) is 27.0 Å². The molecule has 3 aromatic rings. The zero-order valence-corrected chi connectivity index (χ0v) is 19.9. The van der Waals surface area contributed by atoms with E-state index in [1.165, 1.54) is 10.9 Å². The molecule has 156 valence electrons. The molecule has 0 bridgehead atoms. The van der Waals surface area contributed by atoms with Crippen molar-refractivity contribution in [1.29, 1.82) is 0 Å². The Labute approximate surface area is 191 Å². The zero-order valence-electron chi connectivity index (χ0n) is 16.8. The Balaban J connectivity index is 0.00000300. The van der Waals surface area contributed by atoms with E-state index >= 15 is 0 Å². The van der Waals surface area contributed by atoms with Crippen molar-refractivity contribution in [2.24, 2.45) is 4.99 Å². The Morgan fingerprint density at radius 1 is 1.24 bits per heavy atom. The van der Waals surface area contributed by atoms with Crippen molar-refractivity contribution in [2.45, 2.75) is 40.3 Å². The molecule has 0 aliphatic rings. The maximum absolute atomic E-state index is 14.5. The summed E-state index contributed by atoms with van der Waals surface area (Å²) in [5, 5.41) is 7.51. The molecule has 0 amide bonds. The van der Waals surface area contributed by atoms with E-state index in [0.29, 0.717) is 24.7 Å². The number of aryl methyl sites for hydroxylation is 2. The van der Waals surface area contributed by atoms with Gasteiger partial charge in [-0.1, -0.05) is 13.0 Å². The minimum atomic E-state index is -0.290. The Bertz CT molecular complexity index is 952. The van der Waals surface area contributed by atoms with E-state index in [0.717, 1.165) is 29.4 Å². The van der Waals surface area contributed by atoms with Gasteiger partial charge in [-0.2, -0.15) is 0 Å². The van der Waals surface area contributed by atoms with E-state index in [4.69, 9.17) is 0 Å². The van der Waals surface area contributed by atoms with Crippen LogP contribution in [0.1, 0.15) is 35.1 Å². The second-order valence-corrected chi connectivity index (χ2v) is 7.45. The number of hydrogen-bond donors (Lipinski definition) is 2. The first-order valence-corrected chi connectivity index (χ1v) is 10.2. The number of thiazole rings is 1. The van der Waals surface area contributed by atoms with Crippen molar-refractivity contribution in [3.05, 3.63) is 63.9 Å². The maximum atomic E-state index is 14.5. The van der Waals surface area contributed by atoms with Gasteiger partial charge in [-0.05, 0) is 38.0 Å². The second kappa shape index (κ2) is 11.2. The van der Waals surface area contributed by atoms with Crippen molar-refractivity contribution in [3.63, 3.8) is 0 Å². The van der Waals surface area contributed by atoms with Crippen molar-refractivity contribution in [1.82, 2.24) is 25.2 Å². The molecule has 0 saturated heterocycles. The summed E-state index contributed by atoms with van der Waals surface area (Å²) in [6, 6.07) is 5.17. The Kier molecular flexibility index (Phi) is 9.02. The van der Waals surface area contributed by atoms with Gasteiger partial charge < -0.3 is 15.2 Å². The fraction of sp³-hybridized carbons (Fsp3) is 0.350. The van der Waals surface area contributed by atoms with Gasteiger partial charge in [-0.3, -0.25) is 0 Å². The Morgan fingerprint density at radius 2 is 2.07 bits per heavy atom. The number of nitrogens with zero attached hydrogens (tertiary/aromatic N) is 4. The van der Waals surface area contributed by atoms with E-state index in [9.17, 15) is 4.39 Å². The fourth-order valence-corrected chi connectivity index (χ4v) is 3.54. The topological polar surface area (TPSA) is 67.1 Å². The monoisotopic (exact) mass is 528 g/mol. The number of aliphatic imine (C=N–C) groups is 1. The van der Waals surface area contributed by atoms with Crippen LogP contribution in [0.4, 0.5) is 4.39 Å². The highest BCUT2D eigenvalue weighted by atomic mass is 127. The first kappa shape index (κ1) is 23.3. The number of hydrogen-bond acceptors (Lipinski definition) is 4. The second-order valence-electron chi connectivity index (χ2n) is 6.25. The minimum absolute atomic E-state index is 0. The van der Waals surface area contributed by atoms with Gasteiger partial charge in [0.15, 0.2) is 5.96 Å². The first-order valence-electron chi connectivity index (χ1n) is 9.35. The van der Waals surface area contributed by atoms with Gasteiger partial charge in [0.25, 0.3) is 0 Å². The van der Waals surface area contributed by atoms with Crippen molar-refractivity contribution < 1.29 is 4.39 Å². The third-order valence-electron chi connectivity index (χ3n) is 4.22. The summed E-state index contributed by atoms with van der Waals surface area (Å²) in [4.78, 5) is 14.4. The van der Waals surface area contributed by atoms with E-state index in [1.54, 1.807) is 34.4 Å². The molecule has 0 atom stereocenters. The van der Waals surface area contributed by atoms with Gasteiger partial charge in [0.1, 0.15) is 16.6 Å². The van der Waals surface area contributed by atoms with Crippen molar-refractivity contribution in [3.8, 4) is 5.69 Å². The normalized spacial score (nSPS) is 11.2. The van der Waals surface area contributed by atoms with Crippen LogP contribution in [0.2, 0.25) is 0 Å². The number of rotatable bonds is 7. The molecular formula is C20H26FIN6S. The average Bonchev–Trinajstić information content (AvgIpc) is 3.33. The molecule has 0 fully saturated rings. The molecule has 0 saturated carbocycles. The summed E-state index contributed by atoms with van der Waals surface area (Å²) in [7, 11) is 0. The zero-order chi connectivity index (χ0) is 19.9. The lowest BCUT2D eigenvalue weighted by Crippen LogP contribution is -2.36. The van der Waals surface area contributed by atoms with Gasteiger partial charge in [0.2, 0.25) is 0 Å². The highest BCUT2D eigenvalue weighted by Crippen LogP contribution is 2.17. The fourth-order valence-electron chi connectivity index (χ4n) is 2.74. The molecule has 2 heterocycles. The highest BCUT2D eigenvalue weighted by Gasteiger charge is 2.08. The summed E-state index contributed by atoms with van der Waals surface area (Å²) in [6.45, 7) is 7.72. The Morgan fingerprint density at radius 3 is 2.69 bits per heavy atom. The van der Waals surface area contributed by atoms with Crippen LogP contribution in [0.25, 0.3) is 5.69 Å². The van der Waals surface area contributed by atoms with Gasteiger partial charge in [0.05, 0.1) is 18.8 Å². The van der Waals surface area contributed by atoms with Gasteiger partial charge in [-0.15, -0.1) is 35.3 Å². The molecular weight excluding hydrogens is 502 g/mol. The molecule has 9 heteroatoms. The molecule has 0 aliphatic heterocycles. The van der Waals surface area contributed by atoms with E-state index in [-0.39, 0.29) is 29.8 Å². The van der Waals surface area contributed by atoms with Crippen LogP contribution in [-0.2, 0) is 19.5 Å². The lowest BCUT2D eigenvalue weighted by Gasteiger charge is -2.11. The highest BCUT2D eigenvalue weighted by molar-refractivity contribution is 14.0. The molecule has 0 spiro atoms. The molecule has 3 rings (SSSR count). The van der Waals surface area contributed by atoms with Crippen LogP contribution < -0.4 is 10.6 Å². The Hall–Kier alpha value is -2.01. The SMILES string of the molecule is CCNC(=NCc1ccc(-n2ccnc2C)c(F)c1)NCc1ncc(CC)s1.I. The van der Waals surface area contributed by atoms with Crippen LogP contribution >= 0.6 is 35.3 Å². The maximum Gasteiger partial charge on any atom is 0.191 e. The summed E-state index contributed by atoms with van der Waals surface area (Å²) >= 11 is 1.70. The standard InChI is InChI=1S/C20H25FN6S.HI/c1-4-16-12-24-19(28-16)13-26-20(22-5-2)25-11-15-6-7-18(17(21)10-15)27-9-8-23-14(27)3;/h6-10,12H,4-5,11,13H2,1-3H3,(H2,22,25,26);1H. The number of aromatic nitrogens is 3. The van der Waals surface area contributed by atoms with E-state index in [2.05, 4.69) is 32.5 Å². The third-order valence-corrected chi connectivity index (χ3v) is 5.36. The van der Waals surface area contributed by atoms with Crippen LogP contribution in [0, 0.1) is 12.7 Å². The molecule has 0 radical (unpaired) electrons. The number of nitrogens with one attached hydrogen (secondary N) is 2. The molecule has 2 aromatic heterocycles. The summed E-state index contributed by atoms with van der Waals surface area (Å²) < 4.78 is 16.3. The van der Waals surface area contributed by atoms with E-state index < -0.39 is 0 Å². The number of halogens is 2. The third kappa shape index (κ3) is 6.23. The van der Waals surface area contributed by atoms with Crippen LogP contribution in [0.3, 0.4) is 0 Å². The summed E-state index contributed by atoms with van der Waals surface area (Å²) in [6.07, 6.45) is 6.32. The molecule has 0 aliphatic carbocycles. The predicted octanol–water partition coefficient (Wildman–Crippen LogP) is 4.21. The van der Waals surface area contributed by atoms with Gasteiger partial charge >= 0.3 is 0 Å². The van der Waals surface area contributed by atoms with Crippen LogP contribution in [0.5, 0.6) is 0 Å². The lowest BCUT2D eigenvalue weighted by molar-refractivity contribution is 0.614. The number of guanidine groups is 1. The lowest BCUT2D eigenvalue weighted by atomic mass is 10.2. The van der Waals surface area contributed by atoms with Crippen molar-refractivity contribution >= 4 is 41.3 Å². The first-order chi connectivity index (χ1) is 13.6. The van der Waals surface area contributed by atoms with Gasteiger partial charge in [-0.25, -0.2) is 19.4 Å². The van der Waals surface area contributed by atoms with Crippen molar-refractivity contribution in [2.75, 3.05) is 6.54 Å². The smallest absolute Gasteiger partial charge is 0.191 e. The quantitative estimate of drug-likeness (QED) is 0.274. The number of imidazole rings is 1. The predicted molar refractivity (Wildman–Crippen MR) is 127 cm³/mol. The molecule has 29 heavy (non-hydrogen) atoms. The molecule has 1 aromatic carbocycles. The van der Waals surface area contributed by atoms with Crippen LogP contribution in [0.15, 0.2) is 41.8 Å². The molecule has 6 nitrogen and oxygen atoms in total. The summed E-state index contributed by atoms with van der Waals surface area (Å²) in [5.74, 6) is 1.14. The molecule has 0 unspecified atom stereocenters. The average molecular weight is 528 g/mol. The number of benzene rings is 1. The van der Waals surface area contributed by atoms with E-state index in [1.807, 2.05) is 26.1 Å². The summed E-state index contributed by atoms with van der Waals surface area (Å²) in [5.41, 5.74) is 1.29. The molecule has 2 N–H and O–H groups in total. The minimum Gasteiger partial charge on any atom is -0.357 e. The van der Waals surface area contributed by atoms with Gasteiger partial charge in [0, 0.05) is 30.0 Å². The largest absolute Gasteiger partial charge is 0.357 e.